The number of fused-ring (bicyclic) bond motifs is 1. The van der Waals surface area contributed by atoms with Crippen LogP contribution in [0.2, 0.25) is 0 Å². The summed E-state index contributed by atoms with van der Waals surface area (Å²) in [6.45, 7) is 2.72. The van der Waals surface area contributed by atoms with Crippen LogP contribution in [0.3, 0.4) is 0 Å². The van der Waals surface area contributed by atoms with Gasteiger partial charge < -0.3 is 4.90 Å². The minimum Gasteiger partial charge on any atom is -0.337 e. The van der Waals surface area contributed by atoms with E-state index < -0.39 is 11.7 Å². The van der Waals surface area contributed by atoms with Crippen molar-refractivity contribution in [1.82, 2.24) is 9.80 Å². The molecular formula is C16H19F3N2O. The summed E-state index contributed by atoms with van der Waals surface area (Å²) in [5.74, 6) is 0.0624. The molecule has 0 radical (unpaired) electrons. The smallest absolute Gasteiger partial charge is 0.337 e. The monoisotopic (exact) mass is 312 g/mol. The quantitative estimate of drug-likeness (QED) is 0.838. The van der Waals surface area contributed by atoms with Gasteiger partial charge in [0.2, 0.25) is 5.91 Å². The Morgan fingerprint density at radius 1 is 1.14 bits per heavy atom. The molecule has 1 aromatic carbocycles. The van der Waals surface area contributed by atoms with E-state index in [1.165, 1.54) is 6.07 Å². The average Bonchev–Trinajstić information content (AvgIpc) is 2.88. The highest BCUT2D eigenvalue weighted by molar-refractivity contribution is 5.82. The molecule has 22 heavy (non-hydrogen) atoms. The second-order valence-corrected chi connectivity index (χ2v) is 6.01. The molecule has 0 aromatic heterocycles. The molecule has 3 rings (SSSR count). The van der Waals surface area contributed by atoms with Gasteiger partial charge in [-0.15, -0.1) is 0 Å². The third-order valence-electron chi connectivity index (χ3n) is 4.46. The Hall–Kier alpha value is -1.56. The number of nitrogens with zero attached hydrogens (tertiary/aromatic N) is 2. The lowest BCUT2D eigenvalue weighted by atomic mass is 10.1. The SMILES string of the molecule is O=C1[C@@H]2CCCN2CCCN1Cc1cccc(C(F)(F)F)c1. The summed E-state index contributed by atoms with van der Waals surface area (Å²) in [5.41, 5.74) is -0.121. The van der Waals surface area contributed by atoms with E-state index >= 15 is 0 Å². The predicted molar refractivity (Wildman–Crippen MR) is 76.1 cm³/mol. The molecule has 1 amide bonds. The predicted octanol–water partition coefficient (Wildman–Crippen LogP) is 2.90. The zero-order valence-electron chi connectivity index (χ0n) is 12.3. The van der Waals surface area contributed by atoms with Gasteiger partial charge in [-0.2, -0.15) is 13.2 Å². The van der Waals surface area contributed by atoms with Crippen molar-refractivity contribution in [1.29, 1.82) is 0 Å². The summed E-state index contributed by atoms with van der Waals surface area (Å²) in [5, 5.41) is 0. The Morgan fingerprint density at radius 3 is 2.68 bits per heavy atom. The van der Waals surface area contributed by atoms with Gasteiger partial charge in [-0.1, -0.05) is 12.1 Å². The molecule has 2 aliphatic rings. The molecule has 2 aliphatic heterocycles. The van der Waals surface area contributed by atoms with Crippen molar-refractivity contribution in [3.05, 3.63) is 35.4 Å². The number of rotatable bonds is 2. The van der Waals surface area contributed by atoms with Crippen LogP contribution in [-0.2, 0) is 17.5 Å². The first-order chi connectivity index (χ1) is 10.4. The molecule has 0 unspecified atom stereocenters. The minimum atomic E-state index is -4.35. The zero-order valence-corrected chi connectivity index (χ0v) is 12.3. The highest BCUT2D eigenvalue weighted by Crippen LogP contribution is 2.30. The Labute approximate surface area is 127 Å². The number of carbonyl (C=O) groups excluding carboxylic acids is 1. The molecule has 0 bridgehead atoms. The van der Waals surface area contributed by atoms with Crippen LogP contribution in [0.15, 0.2) is 24.3 Å². The molecule has 0 spiro atoms. The van der Waals surface area contributed by atoms with Gasteiger partial charge in [0.05, 0.1) is 11.6 Å². The van der Waals surface area contributed by atoms with Gasteiger partial charge in [0.1, 0.15) is 0 Å². The summed E-state index contributed by atoms with van der Waals surface area (Å²) in [6, 6.07) is 5.19. The molecule has 2 fully saturated rings. The molecule has 2 heterocycles. The lowest BCUT2D eigenvalue weighted by molar-refractivity contribution is -0.137. The molecule has 1 atom stereocenters. The van der Waals surface area contributed by atoms with Crippen LogP contribution in [0.4, 0.5) is 13.2 Å². The maximum absolute atomic E-state index is 12.8. The Bertz CT molecular complexity index is 559. The number of alkyl halides is 3. The Balaban J connectivity index is 1.76. The number of benzene rings is 1. The largest absolute Gasteiger partial charge is 0.416 e. The molecule has 2 saturated heterocycles. The normalized spacial score (nSPS) is 23.5. The third kappa shape index (κ3) is 3.11. The van der Waals surface area contributed by atoms with Crippen LogP contribution < -0.4 is 0 Å². The topological polar surface area (TPSA) is 23.6 Å². The number of amides is 1. The Kier molecular flexibility index (Phi) is 4.12. The lowest BCUT2D eigenvalue weighted by Gasteiger charge is -2.25. The van der Waals surface area contributed by atoms with Gasteiger partial charge in [-0.05, 0) is 43.5 Å². The fourth-order valence-electron chi connectivity index (χ4n) is 3.38. The van der Waals surface area contributed by atoms with Crippen LogP contribution in [0.25, 0.3) is 0 Å². The number of hydrogen-bond acceptors (Lipinski definition) is 2. The summed E-state index contributed by atoms with van der Waals surface area (Å²) in [4.78, 5) is 16.5. The highest BCUT2D eigenvalue weighted by atomic mass is 19.4. The number of halogens is 3. The van der Waals surface area contributed by atoms with Crippen LogP contribution in [0.1, 0.15) is 30.4 Å². The third-order valence-corrected chi connectivity index (χ3v) is 4.46. The summed E-state index contributed by atoms with van der Waals surface area (Å²) in [7, 11) is 0. The maximum Gasteiger partial charge on any atom is 0.416 e. The van der Waals surface area contributed by atoms with E-state index in [9.17, 15) is 18.0 Å². The number of hydrogen-bond donors (Lipinski definition) is 0. The molecule has 0 aliphatic carbocycles. The minimum absolute atomic E-state index is 0.0624. The maximum atomic E-state index is 12.8. The van der Waals surface area contributed by atoms with Crippen molar-refractivity contribution in [2.75, 3.05) is 19.6 Å². The second-order valence-electron chi connectivity index (χ2n) is 6.01. The second kappa shape index (κ2) is 5.91. The standard InChI is InChI=1S/C16H19F3N2O/c17-16(18,19)13-5-1-4-12(10-13)11-21-9-3-8-20-7-2-6-14(20)15(21)22/h1,4-5,10,14H,2-3,6-9,11H2/t14-/m0/s1. The molecule has 120 valence electrons. The molecule has 0 saturated carbocycles. The van der Waals surface area contributed by atoms with E-state index in [1.807, 2.05) is 0 Å². The van der Waals surface area contributed by atoms with Crippen LogP contribution in [-0.4, -0.2) is 41.4 Å². The lowest BCUT2D eigenvalue weighted by Crippen LogP contribution is -2.42. The van der Waals surface area contributed by atoms with E-state index in [4.69, 9.17) is 0 Å². The summed E-state index contributed by atoms with van der Waals surface area (Å²) in [6.07, 6.45) is -1.59. The van der Waals surface area contributed by atoms with Gasteiger partial charge in [0.15, 0.2) is 0 Å². The zero-order chi connectivity index (χ0) is 15.7. The number of carbonyl (C=O) groups is 1. The van der Waals surface area contributed by atoms with Gasteiger partial charge in [-0.25, -0.2) is 0 Å². The highest BCUT2D eigenvalue weighted by Gasteiger charge is 2.36. The van der Waals surface area contributed by atoms with Crippen LogP contribution in [0.5, 0.6) is 0 Å². The first-order valence-corrected chi connectivity index (χ1v) is 7.64. The summed E-state index contributed by atoms with van der Waals surface area (Å²) >= 11 is 0. The molecule has 6 heteroatoms. The van der Waals surface area contributed by atoms with E-state index in [0.717, 1.165) is 44.5 Å². The van der Waals surface area contributed by atoms with Gasteiger partial charge in [-0.3, -0.25) is 9.69 Å². The van der Waals surface area contributed by atoms with E-state index in [0.29, 0.717) is 12.1 Å². The van der Waals surface area contributed by atoms with Crippen molar-refractivity contribution in [3.63, 3.8) is 0 Å². The van der Waals surface area contributed by atoms with Crippen molar-refractivity contribution in [2.45, 2.75) is 38.0 Å². The van der Waals surface area contributed by atoms with Crippen molar-refractivity contribution in [3.8, 4) is 0 Å². The summed E-state index contributed by atoms with van der Waals surface area (Å²) < 4.78 is 38.3. The molecule has 0 N–H and O–H groups in total. The molecule has 3 nitrogen and oxygen atoms in total. The van der Waals surface area contributed by atoms with Gasteiger partial charge in [0, 0.05) is 19.6 Å². The fourth-order valence-corrected chi connectivity index (χ4v) is 3.38. The van der Waals surface area contributed by atoms with E-state index in [-0.39, 0.29) is 18.5 Å². The molecule has 1 aromatic rings. The van der Waals surface area contributed by atoms with Crippen molar-refractivity contribution < 1.29 is 18.0 Å². The van der Waals surface area contributed by atoms with E-state index in [1.54, 1.807) is 11.0 Å². The van der Waals surface area contributed by atoms with Crippen molar-refractivity contribution >= 4 is 5.91 Å². The van der Waals surface area contributed by atoms with Crippen molar-refractivity contribution in [2.24, 2.45) is 0 Å². The average molecular weight is 312 g/mol. The Morgan fingerprint density at radius 2 is 1.91 bits per heavy atom. The van der Waals surface area contributed by atoms with Gasteiger partial charge >= 0.3 is 6.18 Å². The first-order valence-electron chi connectivity index (χ1n) is 7.64. The first kappa shape index (κ1) is 15.3. The molecular weight excluding hydrogens is 293 g/mol. The van der Waals surface area contributed by atoms with E-state index in [2.05, 4.69) is 4.90 Å². The van der Waals surface area contributed by atoms with Crippen LogP contribution >= 0.6 is 0 Å². The van der Waals surface area contributed by atoms with Gasteiger partial charge in [0.25, 0.3) is 0 Å². The van der Waals surface area contributed by atoms with Crippen LogP contribution in [0, 0.1) is 0 Å². The fraction of sp³-hybridized carbons (Fsp3) is 0.562.